The van der Waals surface area contributed by atoms with Gasteiger partial charge in [-0.1, -0.05) is 13.8 Å². The van der Waals surface area contributed by atoms with Crippen molar-refractivity contribution in [2.45, 2.75) is 70.4 Å². The van der Waals surface area contributed by atoms with Crippen LogP contribution in [0.4, 0.5) is 4.79 Å². The lowest BCUT2D eigenvalue weighted by Gasteiger charge is -2.37. The Morgan fingerprint density at radius 1 is 1.33 bits per heavy atom. The summed E-state index contributed by atoms with van der Waals surface area (Å²) in [6.45, 7) is 14.4. The Morgan fingerprint density at radius 2 is 1.86 bits per heavy atom. The summed E-state index contributed by atoms with van der Waals surface area (Å²) in [5.74, 6) is 2.05. The second kappa shape index (κ2) is 7.47. The number of amides is 1. The van der Waals surface area contributed by atoms with Crippen molar-refractivity contribution in [1.29, 1.82) is 0 Å². The van der Waals surface area contributed by atoms with Crippen molar-refractivity contribution in [2.24, 2.45) is 0 Å². The third-order valence-corrected chi connectivity index (χ3v) is 5.85. The van der Waals surface area contributed by atoms with Gasteiger partial charge >= 0.3 is 6.09 Å². The minimum atomic E-state index is -0.617. The maximum Gasteiger partial charge on any atom is 0.412 e. The highest BCUT2D eigenvalue weighted by Gasteiger charge is 2.48. The molecule has 1 amide bonds. The molecule has 0 aromatic rings. The first-order valence-electron chi connectivity index (χ1n) is 7.52. The van der Waals surface area contributed by atoms with Crippen LogP contribution >= 0.6 is 23.5 Å². The highest BCUT2D eigenvalue weighted by atomic mass is 32.2. The molecule has 21 heavy (non-hydrogen) atoms. The van der Waals surface area contributed by atoms with Crippen LogP contribution in [0.1, 0.15) is 48.5 Å². The number of thioether (sulfide) groups is 2. The molecule has 0 radical (unpaired) electrons. The quantitative estimate of drug-likeness (QED) is 0.704. The van der Waals surface area contributed by atoms with Gasteiger partial charge in [-0.05, 0) is 46.1 Å². The Balaban J connectivity index is 2.94. The molecule has 4 nitrogen and oxygen atoms in total. The normalized spacial score (nSPS) is 21.9. The van der Waals surface area contributed by atoms with E-state index in [0.717, 1.165) is 11.5 Å². The van der Waals surface area contributed by atoms with Gasteiger partial charge in [0.1, 0.15) is 11.3 Å². The fourth-order valence-electron chi connectivity index (χ4n) is 2.30. The Hall–Kier alpha value is -0.0700. The van der Waals surface area contributed by atoms with E-state index >= 15 is 0 Å². The van der Waals surface area contributed by atoms with Gasteiger partial charge in [0.05, 0.1) is 17.2 Å². The molecule has 124 valence electrons. The third-order valence-electron chi connectivity index (χ3n) is 3.09. The first-order valence-corrected chi connectivity index (χ1v) is 9.61. The third kappa shape index (κ3) is 5.25. The standard InChI is InChI=1S/C15H29NO3S2/c1-8-20-12(21-9-2)11-10-18-15(6,7)16(11)13(17)19-14(3,4)5/h11-12H,8-10H2,1-7H3/t11-/m0/s1. The molecule has 1 fully saturated rings. The molecule has 0 aromatic carbocycles. The van der Waals surface area contributed by atoms with Crippen LogP contribution in [0.3, 0.4) is 0 Å². The summed E-state index contributed by atoms with van der Waals surface area (Å²) in [5, 5.41) is 0. The van der Waals surface area contributed by atoms with Crippen molar-refractivity contribution in [2.75, 3.05) is 18.1 Å². The van der Waals surface area contributed by atoms with Gasteiger partial charge in [-0.2, -0.15) is 0 Å². The topological polar surface area (TPSA) is 38.8 Å². The Morgan fingerprint density at radius 3 is 2.29 bits per heavy atom. The van der Waals surface area contributed by atoms with E-state index in [9.17, 15) is 4.79 Å². The van der Waals surface area contributed by atoms with E-state index in [1.807, 2.05) is 58.1 Å². The lowest BCUT2D eigenvalue weighted by Crippen LogP contribution is -2.52. The van der Waals surface area contributed by atoms with Gasteiger partial charge in [0.25, 0.3) is 0 Å². The molecule has 1 aliphatic rings. The van der Waals surface area contributed by atoms with E-state index in [1.165, 1.54) is 0 Å². The molecular formula is C15H29NO3S2. The smallest absolute Gasteiger partial charge is 0.412 e. The highest BCUT2D eigenvalue weighted by Crippen LogP contribution is 2.38. The summed E-state index contributed by atoms with van der Waals surface area (Å²) in [7, 11) is 0. The van der Waals surface area contributed by atoms with Crippen LogP contribution in [-0.2, 0) is 9.47 Å². The lowest BCUT2D eigenvalue weighted by molar-refractivity contribution is -0.0619. The zero-order valence-corrected chi connectivity index (χ0v) is 15.9. The molecule has 0 N–H and O–H groups in total. The molecule has 0 aliphatic carbocycles. The van der Waals surface area contributed by atoms with E-state index in [0.29, 0.717) is 11.2 Å². The molecule has 0 unspecified atom stereocenters. The van der Waals surface area contributed by atoms with Crippen LogP contribution in [0.25, 0.3) is 0 Å². The van der Waals surface area contributed by atoms with Crippen molar-refractivity contribution in [3.05, 3.63) is 0 Å². The van der Waals surface area contributed by atoms with Crippen LogP contribution < -0.4 is 0 Å². The van der Waals surface area contributed by atoms with Crippen LogP contribution in [0.2, 0.25) is 0 Å². The summed E-state index contributed by atoms with van der Waals surface area (Å²) in [6.07, 6.45) is -0.284. The Bertz CT molecular complexity index is 349. The first-order chi connectivity index (χ1) is 9.62. The lowest BCUT2D eigenvalue weighted by atomic mass is 10.2. The van der Waals surface area contributed by atoms with Gasteiger partial charge in [0, 0.05) is 0 Å². The van der Waals surface area contributed by atoms with Gasteiger partial charge in [0.2, 0.25) is 0 Å². The number of carbonyl (C=O) groups is 1. The summed E-state index contributed by atoms with van der Waals surface area (Å²) in [6, 6.07) is 0.0461. The molecule has 0 spiro atoms. The first kappa shape index (κ1) is 19.0. The second-order valence-corrected chi connectivity index (χ2v) is 9.59. The highest BCUT2D eigenvalue weighted by molar-refractivity contribution is 8.17. The second-order valence-electron chi connectivity index (χ2n) is 6.45. The van der Waals surface area contributed by atoms with Crippen LogP contribution in [-0.4, -0.2) is 51.1 Å². The SMILES string of the molecule is CCSC(SCC)[C@@H]1COC(C)(C)N1C(=O)OC(C)(C)C. The van der Waals surface area contributed by atoms with E-state index in [1.54, 1.807) is 4.90 Å². The number of carbonyl (C=O) groups excluding carboxylic acids is 1. The zero-order chi connectivity index (χ0) is 16.3. The number of hydrogen-bond acceptors (Lipinski definition) is 5. The van der Waals surface area contributed by atoms with Gasteiger partial charge in [-0.3, -0.25) is 4.90 Å². The van der Waals surface area contributed by atoms with Gasteiger partial charge < -0.3 is 9.47 Å². The predicted molar refractivity (Wildman–Crippen MR) is 91.9 cm³/mol. The van der Waals surface area contributed by atoms with Crippen LogP contribution in [0.15, 0.2) is 0 Å². The number of rotatable bonds is 5. The number of nitrogens with zero attached hydrogens (tertiary/aromatic N) is 1. The molecule has 6 heteroatoms. The van der Waals surface area contributed by atoms with E-state index in [4.69, 9.17) is 9.47 Å². The Labute approximate surface area is 137 Å². The largest absolute Gasteiger partial charge is 0.444 e. The number of hydrogen-bond donors (Lipinski definition) is 0. The van der Waals surface area contributed by atoms with Crippen LogP contribution in [0.5, 0.6) is 0 Å². The maximum atomic E-state index is 12.6. The van der Waals surface area contributed by atoms with Crippen molar-refractivity contribution < 1.29 is 14.3 Å². The summed E-state index contributed by atoms with van der Waals surface area (Å²) in [4.78, 5) is 14.4. The molecule has 0 bridgehead atoms. The van der Waals surface area contributed by atoms with E-state index < -0.39 is 11.3 Å². The minimum Gasteiger partial charge on any atom is -0.444 e. The summed E-state index contributed by atoms with van der Waals surface area (Å²) in [5.41, 5.74) is -1.11. The predicted octanol–water partition coefficient (Wildman–Crippen LogP) is 4.19. The average molecular weight is 336 g/mol. The Kier molecular flexibility index (Phi) is 6.75. The fraction of sp³-hybridized carbons (Fsp3) is 0.933. The van der Waals surface area contributed by atoms with Crippen molar-refractivity contribution in [3.63, 3.8) is 0 Å². The van der Waals surface area contributed by atoms with Gasteiger partial charge in [0.15, 0.2) is 0 Å². The molecule has 0 saturated carbocycles. The van der Waals surface area contributed by atoms with Crippen molar-refractivity contribution in [3.8, 4) is 0 Å². The van der Waals surface area contributed by atoms with Crippen molar-refractivity contribution >= 4 is 29.6 Å². The fourth-order valence-corrected chi connectivity index (χ4v) is 5.00. The molecular weight excluding hydrogens is 306 g/mol. The van der Waals surface area contributed by atoms with Gasteiger partial charge in [-0.25, -0.2) is 4.79 Å². The molecule has 1 saturated heterocycles. The van der Waals surface area contributed by atoms with E-state index in [-0.39, 0.29) is 12.1 Å². The molecule has 1 rings (SSSR count). The minimum absolute atomic E-state index is 0.0461. The van der Waals surface area contributed by atoms with Crippen LogP contribution in [0, 0.1) is 0 Å². The molecule has 1 heterocycles. The molecule has 0 aromatic heterocycles. The average Bonchev–Trinajstić information content (AvgIpc) is 2.62. The summed E-state index contributed by atoms with van der Waals surface area (Å²) < 4.78 is 11.8. The summed E-state index contributed by atoms with van der Waals surface area (Å²) >= 11 is 3.74. The molecule has 1 atom stereocenters. The monoisotopic (exact) mass is 335 g/mol. The van der Waals surface area contributed by atoms with Crippen molar-refractivity contribution in [1.82, 2.24) is 4.90 Å². The zero-order valence-electron chi connectivity index (χ0n) is 14.3. The van der Waals surface area contributed by atoms with E-state index in [2.05, 4.69) is 13.8 Å². The maximum absolute atomic E-state index is 12.6. The molecule has 1 aliphatic heterocycles. The van der Waals surface area contributed by atoms with Gasteiger partial charge in [-0.15, -0.1) is 23.5 Å². The number of ether oxygens (including phenoxy) is 2.